The molecular formula is C28H29F4N5O2. The molecule has 11 heteroatoms. The Labute approximate surface area is 223 Å². The molecule has 0 spiro atoms. The van der Waals surface area contributed by atoms with Gasteiger partial charge in [-0.05, 0) is 67.1 Å². The van der Waals surface area contributed by atoms with Crippen LogP contribution in [-0.4, -0.2) is 39.4 Å². The summed E-state index contributed by atoms with van der Waals surface area (Å²) in [7, 11) is 1.64. The molecule has 1 saturated carbocycles. The van der Waals surface area contributed by atoms with Gasteiger partial charge in [-0.15, -0.1) is 10.2 Å². The molecule has 2 fully saturated rings. The lowest BCUT2D eigenvalue weighted by Gasteiger charge is -2.39. The number of carbonyl (C=O) groups excluding carboxylic acids is 1. The fraction of sp³-hybridized carbons (Fsp3) is 0.464. The van der Waals surface area contributed by atoms with Crippen LogP contribution in [0.15, 0.2) is 42.7 Å². The molecule has 6 rings (SSSR count). The Kier molecular flexibility index (Phi) is 6.07. The number of nitrogens with zero attached hydrogens (tertiary/aromatic N) is 4. The first kappa shape index (κ1) is 25.9. The second-order valence-electron chi connectivity index (χ2n) is 11.1. The van der Waals surface area contributed by atoms with Crippen LogP contribution in [0.25, 0.3) is 0 Å². The van der Waals surface area contributed by atoms with Crippen LogP contribution in [0.4, 0.5) is 23.2 Å². The van der Waals surface area contributed by atoms with Crippen molar-refractivity contribution >= 4 is 11.6 Å². The van der Waals surface area contributed by atoms with Crippen molar-refractivity contribution in [2.75, 3.05) is 18.1 Å². The zero-order valence-electron chi connectivity index (χ0n) is 21.7. The lowest BCUT2D eigenvalue weighted by Crippen LogP contribution is -2.47. The van der Waals surface area contributed by atoms with E-state index in [4.69, 9.17) is 4.74 Å². The fourth-order valence-electron chi connectivity index (χ4n) is 5.76. The SMILES string of the molecule is Cn1cnnc1[C@@](F)(c1cccc(N2Cc3c(cc(CNC4(C)CCC4)cc3C(F)(F)F)C2=O)c1)C1COC1. The van der Waals surface area contributed by atoms with Crippen LogP contribution < -0.4 is 10.2 Å². The van der Waals surface area contributed by atoms with Gasteiger partial charge in [0.25, 0.3) is 5.91 Å². The largest absolute Gasteiger partial charge is 0.416 e. The van der Waals surface area contributed by atoms with Gasteiger partial charge in [-0.1, -0.05) is 12.1 Å². The molecule has 7 nitrogen and oxygen atoms in total. The van der Waals surface area contributed by atoms with Crippen molar-refractivity contribution in [2.24, 2.45) is 13.0 Å². The minimum atomic E-state index is -4.62. The number of carbonyl (C=O) groups is 1. The lowest BCUT2D eigenvalue weighted by molar-refractivity contribution is -0.138. The van der Waals surface area contributed by atoms with Crippen molar-refractivity contribution in [3.05, 3.63) is 76.4 Å². The number of hydrogen-bond donors (Lipinski definition) is 1. The number of nitrogens with one attached hydrogen (secondary N) is 1. The summed E-state index contributed by atoms with van der Waals surface area (Å²) >= 11 is 0. The summed E-state index contributed by atoms with van der Waals surface area (Å²) in [6.45, 7) is 2.41. The van der Waals surface area contributed by atoms with Crippen LogP contribution >= 0.6 is 0 Å². The van der Waals surface area contributed by atoms with E-state index in [-0.39, 0.29) is 54.4 Å². The summed E-state index contributed by atoms with van der Waals surface area (Å²) in [5.41, 5.74) is -2.04. The van der Waals surface area contributed by atoms with Gasteiger partial charge in [0, 0.05) is 30.4 Å². The number of anilines is 1. The number of fused-ring (bicyclic) bond motifs is 1. The van der Waals surface area contributed by atoms with E-state index in [1.54, 1.807) is 31.3 Å². The molecule has 1 aromatic heterocycles. The van der Waals surface area contributed by atoms with Crippen LogP contribution in [0.2, 0.25) is 0 Å². The van der Waals surface area contributed by atoms with Gasteiger partial charge in [0.15, 0.2) is 5.82 Å². The summed E-state index contributed by atoms with van der Waals surface area (Å²) in [6, 6.07) is 9.01. The monoisotopic (exact) mass is 543 g/mol. The summed E-state index contributed by atoms with van der Waals surface area (Å²) in [5.74, 6) is -0.966. The molecule has 2 aromatic carbocycles. The number of benzene rings is 2. The van der Waals surface area contributed by atoms with E-state index in [0.717, 1.165) is 25.3 Å². The number of amides is 1. The zero-order chi connectivity index (χ0) is 27.6. The highest BCUT2D eigenvalue weighted by Gasteiger charge is 2.50. The number of aryl methyl sites for hydroxylation is 1. The standard InChI is InChI=1S/C28H29F4N5O2/c1-26(7-4-8-26)33-12-17-9-21-22(23(10-17)28(30,31)32)13-37(24(21)38)20-6-3-5-18(11-20)27(29,19-14-39-15-19)25-35-34-16-36(25)2/h3,5-6,9-11,16,19,33H,4,7-8,12-15H2,1-2H3/t27-/m1/s1. The first-order valence-electron chi connectivity index (χ1n) is 13.0. The third-order valence-corrected chi connectivity index (χ3v) is 8.40. The van der Waals surface area contributed by atoms with E-state index in [1.165, 1.54) is 21.9 Å². The molecular weight excluding hydrogens is 514 g/mol. The number of rotatable bonds is 7. The molecule has 0 bridgehead atoms. The Bertz CT molecular complexity index is 1430. The van der Waals surface area contributed by atoms with Gasteiger partial charge in [0.2, 0.25) is 5.67 Å². The highest BCUT2D eigenvalue weighted by Crippen LogP contribution is 2.45. The van der Waals surface area contributed by atoms with Gasteiger partial charge in [-0.25, -0.2) is 4.39 Å². The van der Waals surface area contributed by atoms with E-state index in [0.29, 0.717) is 11.3 Å². The minimum Gasteiger partial charge on any atom is -0.380 e. The average molecular weight is 544 g/mol. The lowest BCUT2D eigenvalue weighted by atomic mass is 9.78. The van der Waals surface area contributed by atoms with Crippen LogP contribution in [0.5, 0.6) is 0 Å². The van der Waals surface area contributed by atoms with Gasteiger partial charge < -0.3 is 19.5 Å². The summed E-state index contributed by atoms with van der Waals surface area (Å²) in [5, 5.41) is 11.2. The fourth-order valence-corrected chi connectivity index (χ4v) is 5.76. The Hall–Kier alpha value is -3.31. The highest BCUT2D eigenvalue weighted by molar-refractivity contribution is 6.10. The first-order chi connectivity index (χ1) is 18.5. The van der Waals surface area contributed by atoms with Crippen LogP contribution in [0, 0.1) is 5.92 Å². The molecule has 3 heterocycles. The summed E-state index contributed by atoms with van der Waals surface area (Å²) < 4.78 is 66.1. The Morgan fingerprint density at radius 1 is 1.15 bits per heavy atom. The Morgan fingerprint density at radius 3 is 2.51 bits per heavy atom. The third-order valence-electron chi connectivity index (χ3n) is 8.40. The molecule has 0 radical (unpaired) electrons. The molecule has 0 unspecified atom stereocenters. The quantitative estimate of drug-likeness (QED) is 0.430. The van der Waals surface area contributed by atoms with E-state index >= 15 is 4.39 Å². The summed E-state index contributed by atoms with van der Waals surface area (Å²) in [4.78, 5) is 14.8. The third kappa shape index (κ3) is 4.31. The highest BCUT2D eigenvalue weighted by atomic mass is 19.4. The molecule has 1 saturated heterocycles. The number of hydrogen-bond acceptors (Lipinski definition) is 5. The normalized spacial score (nSPS) is 20.4. The minimum absolute atomic E-state index is 0.0259. The van der Waals surface area contributed by atoms with Crippen molar-refractivity contribution in [1.82, 2.24) is 20.1 Å². The number of aromatic nitrogens is 3. The van der Waals surface area contributed by atoms with Crippen molar-refractivity contribution in [3.63, 3.8) is 0 Å². The number of halogens is 4. The second-order valence-corrected chi connectivity index (χ2v) is 11.1. The van der Waals surface area contributed by atoms with Gasteiger partial charge >= 0.3 is 6.18 Å². The Morgan fingerprint density at radius 2 is 1.92 bits per heavy atom. The number of alkyl halides is 4. The maximum absolute atomic E-state index is 16.8. The summed E-state index contributed by atoms with van der Waals surface area (Å²) in [6.07, 6.45) is -0.208. The molecule has 1 amide bonds. The maximum atomic E-state index is 16.8. The van der Waals surface area contributed by atoms with Crippen LogP contribution in [0.1, 0.15) is 64.6 Å². The number of ether oxygens (including phenoxy) is 1. The molecule has 3 aliphatic rings. The van der Waals surface area contributed by atoms with E-state index in [2.05, 4.69) is 22.4 Å². The maximum Gasteiger partial charge on any atom is 0.416 e. The van der Waals surface area contributed by atoms with Crippen molar-refractivity contribution in [3.8, 4) is 0 Å². The predicted octanol–water partition coefficient (Wildman–Crippen LogP) is 4.89. The average Bonchev–Trinajstić information content (AvgIpc) is 3.42. The van der Waals surface area contributed by atoms with Gasteiger partial charge in [0.1, 0.15) is 6.33 Å². The first-order valence-corrected chi connectivity index (χ1v) is 13.0. The van der Waals surface area contributed by atoms with Crippen molar-refractivity contribution < 1.29 is 27.1 Å². The van der Waals surface area contributed by atoms with E-state index < -0.39 is 29.2 Å². The molecule has 206 valence electrons. The molecule has 1 atom stereocenters. The zero-order valence-corrected chi connectivity index (χ0v) is 21.7. The van der Waals surface area contributed by atoms with Gasteiger partial charge in [-0.3, -0.25) is 4.79 Å². The molecule has 1 N–H and O–H groups in total. The predicted molar refractivity (Wildman–Crippen MR) is 135 cm³/mol. The van der Waals surface area contributed by atoms with Gasteiger partial charge in [-0.2, -0.15) is 13.2 Å². The topological polar surface area (TPSA) is 72.3 Å². The van der Waals surface area contributed by atoms with Crippen LogP contribution in [-0.2, 0) is 36.7 Å². The van der Waals surface area contributed by atoms with Gasteiger partial charge in [0.05, 0.1) is 31.2 Å². The molecule has 3 aromatic rings. The smallest absolute Gasteiger partial charge is 0.380 e. The van der Waals surface area contributed by atoms with Crippen molar-refractivity contribution in [1.29, 1.82) is 0 Å². The van der Waals surface area contributed by atoms with Crippen LogP contribution in [0.3, 0.4) is 0 Å². The van der Waals surface area contributed by atoms with E-state index in [9.17, 15) is 18.0 Å². The second kappa shape index (κ2) is 9.12. The molecule has 1 aliphatic carbocycles. The Balaban J connectivity index is 1.35. The molecule has 2 aliphatic heterocycles. The molecule has 39 heavy (non-hydrogen) atoms. The van der Waals surface area contributed by atoms with Crippen molar-refractivity contribution in [2.45, 2.75) is 56.7 Å². The van der Waals surface area contributed by atoms with E-state index in [1.807, 2.05) is 0 Å².